The summed E-state index contributed by atoms with van der Waals surface area (Å²) in [7, 11) is 0. The summed E-state index contributed by atoms with van der Waals surface area (Å²) in [5.74, 6) is 0.867. The van der Waals surface area contributed by atoms with Crippen molar-refractivity contribution in [3.8, 4) is 5.75 Å². The van der Waals surface area contributed by atoms with Crippen molar-refractivity contribution in [1.29, 1.82) is 0 Å². The molecule has 114 valence electrons. The van der Waals surface area contributed by atoms with E-state index in [0.29, 0.717) is 19.2 Å². The van der Waals surface area contributed by atoms with Gasteiger partial charge in [0, 0.05) is 12.6 Å². The molecule has 0 aliphatic heterocycles. The first-order valence-corrected chi connectivity index (χ1v) is 7.35. The molecule has 1 aromatic rings. The maximum Gasteiger partial charge on any atom is 0.123 e. The molecule has 0 amide bonds. The molecule has 0 aromatic heterocycles. The quantitative estimate of drug-likeness (QED) is 0.841. The Balaban J connectivity index is 2.68. The highest BCUT2D eigenvalue weighted by molar-refractivity contribution is 5.41. The largest absolute Gasteiger partial charge is 0.491 e. The first-order chi connectivity index (χ1) is 9.20. The van der Waals surface area contributed by atoms with Crippen molar-refractivity contribution in [3.63, 3.8) is 0 Å². The Labute approximate surface area is 123 Å². The molecule has 2 N–H and O–H groups in total. The van der Waals surface area contributed by atoms with E-state index in [1.54, 1.807) is 0 Å². The van der Waals surface area contributed by atoms with Crippen LogP contribution in [-0.4, -0.2) is 30.4 Å². The first kappa shape index (κ1) is 17.0. The normalized spacial score (nSPS) is 13.6. The fourth-order valence-corrected chi connectivity index (χ4v) is 1.97. The van der Waals surface area contributed by atoms with Crippen molar-refractivity contribution in [3.05, 3.63) is 29.3 Å². The Morgan fingerprint density at radius 1 is 1.25 bits per heavy atom. The number of hydrogen-bond acceptors (Lipinski definition) is 3. The van der Waals surface area contributed by atoms with Crippen LogP contribution >= 0.6 is 0 Å². The molecular weight excluding hydrogens is 250 g/mol. The van der Waals surface area contributed by atoms with Crippen LogP contribution in [0, 0.1) is 6.92 Å². The van der Waals surface area contributed by atoms with Gasteiger partial charge in [-0.3, -0.25) is 0 Å². The van der Waals surface area contributed by atoms with E-state index in [-0.39, 0.29) is 5.41 Å². The van der Waals surface area contributed by atoms with Gasteiger partial charge in [0.1, 0.15) is 18.5 Å². The van der Waals surface area contributed by atoms with Gasteiger partial charge in [-0.2, -0.15) is 0 Å². The van der Waals surface area contributed by atoms with Crippen molar-refractivity contribution in [2.24, 2.45) is 0 Å². The van der Waals surface area contributed by atoms with Crippen LogP contribution in [-0.2, 0) is 5.41 Å². The molecule has 20 heavy (non-hydrogen) atoms. The summed E-state index contributed by atoms with van der Waals surface area (Å²) >= 11 is 0. The lowest BCUT2D eigenvalue weighted by Crippen LogP contribution is -2.35. The van der Waals surface area contributed by atoms with Gasteiger partial charge in [-0.1, -0.05) is 52.3 Å². The smallest absolute Gasteiger partial charge is 0.123 e. The predicted molar refractivity (Wildman–Crippen MR) is 84.5 cm³/mol. The second-order valence-corrected chi connectivity index (χ2v) is 6.78. The molecule has 0 unspecified atom stereocenters. The number of rotatable bonds is 6. The highest BCUT2D eigenvalue weighted by Crippen LogP contribution is 2.32. The molecule has 0 spiro atoms. The van der Waals surface area contributed by atoms with Gasteiger partial charge in [0.2, 0.25) is 0 Å². The fraction of sp³-hybridized carbons (Fsp3) is 0.647. The van der Waals surface area contributed by atoms with Gasteiger partial charge in [0.25, 0.3) is 0 Å². The van der Waals surface area contributed by atoms with Crippen LogP contribution in [0.1, 0.15) is 45.7 Å². The lowest BCUT2D eigenvalue weighted by molar-refractivity contribution is 0.103. The average molecular weight is 279 g/mol. The molecule has 0 aliphatic rings. The molecule has 0 saturated heterocycles. The third-order valence-electron chi connectivity index (χ3n) is 3.14. The highest BCUT2D eigenvalue weighted by Gasteiger charge is 2.19. The van der Waals surface area contributed by atoms with Crippen LogP contribution in [0.25, 0.3) is 0 Å². The van der Waals surface area contributed by atoms with Gasteiger partial charge < -0.3 is 15.2 Å². The molecule has 0 saturated carbocycles. The van der Waals surface area contributed by atoms with Crippen LogP contribution < -0.4 is 10.1 Å². The third-order valence-corrected chi connectivity index (χ3v) is 3.14. The maximum absolute atomic E-state index is 9.92. The molecular formula is C17H29NO2. The second kappa shape index (κ2) is 7.09. The second-order valence-electron chi connectivity index (χ2n) is 6.78. The number of hydrogen-bond donors (Lipinski definition) is 2. The maximum atomic E-state index is 9.92. The van der Waals surface area contributed by atoms with Gasteiger partial charge >= 0.3 is 0 Å². The lowest BCUT2D eigenvalue weighted by Gasteiger charge is -2.24. The van der Waals surface area contributed by atoms with Crippen molar-refractivity contribution in [2.45, 2.75) is 59.1 Å². The Bertz CT molecular complexity index is 421. The van der Waals surface area contributed by atoms with E-state index in [1.807, 2.05) is 12.1 Å². The highest BCUT2D eigenvalue weighted by atomic mass is 16.5. The van der Waals surface area contributed by atoms with E-state index in [0.717, 1.165) is 5.75 Å². The molecule has 0 radical (unpaired) electrons. The molecule has 0 aliphatic carbocycles. The number of aryl methyl sites for hydroxylation is 1. The summed E-state index contributed by atoms with van der Waals surface area (Å²) in [6, 6.07) is 6.57. The van der Waals surface area contributed by atoms with E-state index < -0.39 is 6.10 Å². The van der Waals surface area contributed by atoms with Crippen LogP contribution in [0.5, 0.6) is 5.75 Å². The molecule has 0 heterocycles. The summed E-state index contributed by atoms with van der Waals surface area (Å²) < 4.78 is 5.82. The summed E-state index contributed by atoms with van der Waals surface area (Å²) in [5.41, 5.74) is 2.44. The number of benzene rings is 1. The first-order valence-electron chi connectivity index (χ1n) is 7.35. The Morgan fingerprint density at radius 2 is 1.90 bits per heavy atom. The summed E-state index contributed by atoms with van der Waals surface area (Å²) in [4.78, 5) is 0. The van der Waals surface area contributed by atoms with E-state index in [1.165, 1.54) is 11.1 Å². The number of nitrogens with one attached hydrogen (secondary N) is 1. The monoisotopic (exact) mass is 279 g/mol. The Kier molecular flexibility index (Phi) is 6.03. The van der Waals surface area contributed by atoms with Crippen molar-refractivity contribution < 1.29 is 9.84 Å². The minimum atomic E-state index is -0.494. The van der Waals surface area contributed by atoms with Crippen molar-refractivity contribution in [2.75, 3.05) is 13.2 Å². The SMILES string of the molecule is Cc1ccc(OC[C@H](O)CNC(C)C)c(C(C)(C)C)c1. The van der Waals surface area contributed by atoms with Gasteiger partial charge in [0.15, 0.2) is 0 Å². The molecule has 3 heteroatoms. The zero-order valence-corrected chi connectivity index (χ0v) is 13.7. The molecule has 0 fully saturated rings. The van der Waals surface area contributed by atoms with Gasteiger partial charge in [-0.15, -0.1) is 0 Å². The molecule has 0 bridgehead atoms. The molecule has 1 atom stereocenters. The lowest BCUT2D eigenvalue weighted by atomic mass is 9.85. The van der Waals surface area contributed by atoms with E-state index in [4.69, 9.17) is 4.74 Å². The third kappa shape index (κ3) is 5.51. The van der Waals surface area contributed by atoms with Crippen LogP contribution in [0.15, 0.2) is 18.2 Å². The minimum absolute atomic E-state index is 0.0302. The number of ether oxygens (including phenoxy) is 1. The van der Waals surface area contributed by atoms with E-state index in [2.05, 4.69) is 52.9 Å². The Hall–Kier alpha value is -1.06. The number of aliphatic hydroxyl groups excluding tert-OH is 1. The average Bonchev–Trinajstić information content (AvgIpc) is 2.33. The summed E-state index contributed by atoms with van der Waals surface area (Å²) in [5, 5.41) is 13.1. The topological polar surface area (TPSA) is 41.5 Å². The Morgan fingerprint density at radius 3 is 2.45 bits per heavy atom. The molecule has 1 rings (SSSR count). The predicted octanol–water partition coefficient (Wildman–Crippen LogP) is 3.03. The zero-order chi connectivity index (χ0) is 15.3. The molecule has 1 aromatic carbocycles. The van der Waals surface area contributed by atoms with E-state index in [9.17, 15) is 5.11 Å². The summed E-state index contributed by atoms with van der Waals surface area (Å²) in [6.45, 7) is 13.6. The standard InChI is InChI=1S/C17H29NO2/c1-12(2)18-10-14(19)11-20-16-8-7-13(3)9-15(16)17(4,5)6/h7-9,12,14,18-19H,10-11H2,1-6H3/t14-/m1/s1. The molecule has 3 nitrogen and oxygen atoms in total. The van der Waals surface area contributed by atoms with E-state index >= 15 is 0 Å². The summed E-state index contributed by atoms with van der Waals surface area (Å²) in [6.07, 6.45) is -0.494. The fourth-order valence-electron chi connectivity index (χ4n) is 1.97. The van der Waals surface area contributed by atoms with Crippen LogP contribution in [0.3, 0.4) is 0 Å². The van der Waals surface area contributed by atoms with Gasteiger partial charge in [0.05, 0.1) is 0 Å². The zero-order valence-electron chi connectivity index (χ0n) is 13.7. The van der Waals surface area contributed by atoms with Crippen LogP contribution in [0.2, 0.25) is 0 Å². The number of aliphatic hydroxyl groups is 1. The van der Waals surface area contributed by atoms with Crippen LogP contribution in [0.4, 0.5) is 0 Å². The van der Waals surface area contributed by atoms with Crippen molar-refractivity contribution in [1.82, 2.24) is 5.32 Å². The van der Waals surface area contributed by atoms with Gasteiger partial charge in [-0.25, -0.2) is 0 Å². The minimum Gasteiger partial charge on any atom is -0.491 e. The van der Waals surface area contributed by atoms with Gasteiger partial charge in [-0.05, 0) is 24.0 Å². The van der Waals surface area contributed by atoms with Crippen molar-refractivity contribution >= 4 is 0 Å².